The number of rotatable bonds is 4. The van der Waals surface area contributed by atoms with Gasteiger partial charge in [-0.1, -0.05) is 30.3 Å². The lowest BCUT2D eigenvalue weighted by molar-refractivity contribution is -0.128. The van der Waals surface area contributed by atoms with Crippen LogP contribution in [-0.2, 0) is 4.79 Å². The Hall–Kier alpha value is -1.06. The summed E-state index contributed by atoms with van der Waals surface area (Å²) in [6.45, 7) is 1.02. The van der Waals surface area contributed by atoms with Gasteiger partial charge in [0.2, 0.25) is 5.91 Å². The number of benzene rings is 1. The molecule has 0 bridgehead atoms. The van der Waals surface area contributed by atoms with Crippen LogP contribution in [0.1, 0.15) is 18.1 Å². The molecule has 1 heterocycles. The zero-order valence-electron chi connectivity index (χ0n) is 9.55. The average molecular weight is 254 g/mol. The lowest BCUT2D eigenvalue weighted by Crippen LogP contribution is -2.30. The van der Waals surface area contributed by atoms with E-state index < -0.39 is 6.10 Å². The topological polar surface area (TPSA) is 40.5 Å². The first-order valence-electron chi connectivity index (χ1n) is 5.77. The van der Waals surface area contributed by atoms with Gasteiger partial charge in [-0.3, -0.25) is 4.79 Å². The minimum Gasteiger partial charge on any atom is -0.387 e. The SMILES string of the molecule is O=C1CC(CCl)CN1CC(O)c1ccccc1. The highest BCUT2D eigenvalue weighted by Gasteiger charge is 2.30. The van der Waals surface area contributed by atoms with Crippen LogP contribution in [0, 0.1) is 5.92 Å². The lowest BCUT2D eigenvalue weighted by Gasteiger charge is -2.20. The van der Waals surface area contributed by atoms with Crippen molar-refractivity contribution < 1.29 is 9.90 Å². The summed E-state index contributed by atoms with van der Waals surface area (Å²) in [5.74, 6) is 0.821. The number of likely N-dealkylation sites (tertiary alicyclic amines) is 1. The zero-order chi connectivity index (χ0) is 12.3. The van der Waals surface area contributed by atoms with Gasteiger partial charge < -0.3 is 10.0 Å². The quantitative estimate of drug-likeness (QED) is 0.832. The van der Waals surface area contributed by atoms with Gasteiger partial charge in [-0.25, -0.2) is 0 Å². The van der Waals surface area contributed by atoms with E-state index in [1.165, 1.54) is 0 Å². The Morgan fingerprint density at radius 1 is 1.41 bits per heavy atom. The molecule has 0 saturated carbocycles. The molecule has 1 saturated heterocycles. The summed E-state index contributed by atoms with van der Waals surface area (Å²) in [7, 11) is 0. The third-order valence-corrected chi connectivity index (χ3v) is 3.53. The second-order valence-corrected chi connectivity index (χ2v) is 4.76. The number of halogens is 1. The monoisotopic (exact) mass is 253 g/mol. The van der Waals surface area contributed by atoms with Gasteiger partial charge in [0, 0.05) is 18.8 Å². The number of hydrogen-bond donors (Lipinski definition) is 1. The molecule has 1 amide bonds. The zero-order valence-corrected chi connectivity index (χ0v) is 10.3. The third kappa shape index (κ3) is 2.99. The molecule has 3 nitrogen and oxygen atoms in total. The molecular formula is C13H16ClNO2. The standard InChI is InChI=1S/C13H16ClNO2/c14-7-10-6-13(17)15(8-10)9-12(16)11-4-2-1-3-5-11/h1-5,10,12,16H,6-9H2. The Labute approximate surface area is 106 Å². The van der Waals surface area contributed by atoms with Crippen LogP contribution in [0.3, 0.4) is 0 Å². The molecule has 1 aliphatic heterocycles. The summed E-state index contributed by atoms with van der Waals surface area (Å²) >= 11 is 5.75. The van der Waals surface area contributed by atoms with E-state index in [0.29, 0.717) is 25.4 Å². The first-order chi connectivity index (χ1) is 8.20. The maximum atomic E-state index is 11.7. The third-order valence-electron chi connectivity index (χ3n) is 3.09. The molecule has 2 unspecified atom stereocenters. The van der Waals surface area contributed by atoms with E-state index in [4.69, 9.17) is 11.6 Å². The molecule has 2 atom stereocenters. The van der Waals surface area contributed by atoms with E-state index in [0.717, 1.165) is 5.56 Å². The second kappa shape index (κ2) is 5.52. The van der Waals surface area contributed by atoms with Crippen molar-refractivity contribution in [2.24, 2.45) is 5.92 Å². The fourth-order valence-corrected chi connectivity index (χ4v) is 2.33. The first-order valence-corrected chi connectivity index (χ1v) is 6.31. The number of β-amino-alcohol motifs (C(OH)–C–C–N with tert-alkyl or cyclic N) is 1. The summed E-state index contributed by atoms with van der Waals surface area (Å²) in [6, 6.07) is 9.40. The van der Waals surface area contributed by atoms with Crippen molar-refractivity contribution in [2.45, 2.75) is 12.5 Å². The summed E-state index contributed by atoms with van der Waals surface area (Å²) in [6.07, 6.45) is -0.111. The predicted molar refractivity (Wildman–Crippen MR) is 66.8 cm³/mol. The molecule has 1 aliphatic rings. The minimum atomic E-state index is -0.616. The molecule has 0 aliphatic carbocycles. The average Bonchev–Trinajstić information content (AvgIpc) is 2.71. The van der Waals surface area contributed by atoms with Crippen LogP contribution in [0.2, 0.25) is 0 Å². The molecule has 0 spiro atoms. The van der Waals surface area contributed by atoms with Crippen molar-refractivity contribution >= 4 is 17.5 Å². The van der Waals surface area contributed by atoms with Crippen molar-refractivity contribution in [3.05, 3.63) is 35.9 Å². The number of nitrogens with zero attached hydrogens (tertiary/aromatic N) is 1. The number of hydrogen-bond acceptors (Lipinski definition) is 2. The van der Waals surface area contributed by atoms with Gasteiger partial charge in [-0.05, 0) is 11.5 Å². The highest BCUT2D eigenvalue weighted by atomic mass is 35.5. The number of alkyl halides is 1. The molecule has 0 radical (unpaired) electrons. The summed E-state index contributed by atoms with van der Waals surface area (Å²) in [5.41, 5.74) is 0.842. The first kappa shape index (κ1) is 12.4. The lowest BCUT2D eigenvalue weighted by atomic mass is 10.1. The van der Waals surface area contributed by atoms with Crippen LogP contribution in [-0.4, -0.2) is 34.9 Å². The van der Waals surface area contributed by atoms with Crippen LogP contribution in [0.15, 0.2) is 30.3 Å². The Bertz CT molecular complexity index is 382. The van der Waals surface area contributed by atoms with Crippen LogP contribution >= 0.6 is 11.6 Å². The molecule has 92 valence electrons. The number of carbonyl (C=O) groups is 1. The summed E-state index contributed by atoms with van der Waals surface area (Å²) in [5, 5.41) is 10.0. The Morgan fingerprint density at radius 2 is 2.12 bits per heavy atom. The van der Waals surface area contributed by atoms with E-state index in [9.17, 15) is 9.90 Å². The molecule has 1 aromatic carbocycles. The molecule has 1 N–H and O–H groups in total. The largest absolute Gasteiger partial charge is 0.387 e. The molecule has 0 aromatic heterocycles. The van der Waals surface area contributed by atoms with Crippen LogP contribution in [0.4, 0.5) is 0 Å². The van der Waals surface area contributed by atoms with Gasteiger partial charge in [0.15, 0.2) is 0 Å². The minimum absolute atomic E-state index is 0.0885. The second-order valence-electron chi connectivity index (χ2n) is 4.45. The van der Waals surface area contributed by atoms with Gasteiger partial charge in [-0.2, -0.15) is 0 Å². The van der Waals surface area contributed by atoms with Crippen molar-refractivity contribution in [1.29, 1.82) is 0 Å². The molecule has 4 heteroatoms. The van der Waals surface area contributed by atoms with Gasteiger partial charge >= 0.3 is 0 Å². The van der Waals surface area contributed by atoms with Crippen molar-refractivity contribution in [1.82, 2.24) is 4.90 Å². The Morgan fingerprint density at radius 3 is 2.71 bits per heavy atom. The smallest absolute Gasteiger partial charge is 0.223 e. The number of carbonyl (C=O) groups excluding carboxylic acids is 1. The molecule has 17 heavy (non-hydrogen) atoms. The number of aliphatic hydroxyl groups excluding tert-OH is 1. The Balaban J connectivity index is 1.95. The summed E-state index contributed by atoms with van der Waals surface area (Å²) in [4.78, 5) is 13.4. The highest BCUT2D eigenvalue weighted by molar-refractivity contribution is 6.18. The highest BCUT2D eigenvalue weighted by Crippen LogP contribution is 2.22. The normalized spacial score (nSPS) is 21.9. The van der Waals surface area contributed by atoms with Gasteiger partial charge in [0.1, 0.15) is 0 Å². The number of aliphatic hydroxyl groups is 1. The van der Waals surface area contributed by atoms with Gasteiger partial charge in [0.25, 0.3) is 0 Å². The van der Waals surface area contributed by atoms with E-state index in [1.54, 1.807) is 4.90 Å². The predicted octanol–water partition coefficient (Wildman–Crippen LogP) is 1.81. The maximum Gasteiger partial charge on any atom is 0.223 e. The van der Waals surface area contributed by atoms with E-state index >= 15 is 0 Å². The fraction of sp³-hybridized carbons (Fsp3) is 0.462. The van der Waals surface area contributed by atoms with E-state index in [1.807, 2.05) is 30.3 Å². The fourth-order valence-electron chi connectivity index (χ4n) is 2.12. The summed E-state index contributed by atoms with van der Waals surface area (Å²) < 4.78 is 0. The van der Waals surface area contributed by atoms with Gasteiger partial charge in [-0.15, -0.1) is 11.6 Å². The van der Waals surface area contributed by atoms with E-state index in [2.05, 4.69) is 0 Å². The molecular weight excluding hydrogens is 238 g/mol. The Kier molecular flexibility index (Phi) is 4.02. The van der Waals surface area contributed by atoms with Crippen molar-refractivity contribution in [3.8, 4) is 0 Å². The number of amides is 1. The molecule has 1 fully saturated rings. The van der Waals surface area contributed by atoms with Crippen molar-refractivity contribution in [2.75, 3.05) is 19.0 Å². The molecule has 2 rings (SSSR count). The van der Waals surface area contributed by atoms with Gasteiger partial charge in [0.05, 0.1) is 12.6 Å². The van der Waals surface area contributed by atoms with Crippen LogP contribution in [0.25, 0.3) is 0 Å². The van der Waals surface area contributed by atoms with Crippen LogP contribution < -0.4 is 0 Å². The maximum absolute atomic E-state index is 11.7. The van der Waals surface area contributed by atoms with Crippen LogP contribution in [0.5, 0.6) is 0 Å². The van der Waals surface area contributed by atoms with E-state index in [-0.39, 0.29) is 11.8 Å². The van der Waals surface area contributed by atoms with Crippen molar-refractivity contribution in [3.63, 3.8) is 0 Å². The molecule has 1 aromatic rings.